The van der Waals surface area contributed by atoms with E-state index < -0.39 is 74.4 Å². The highest BCUT2D eigenvalue weighted by molar-refractivity contribution is 5.88. The van der Waals surface area contributed by atoms with Crippen molar-refractivity contribution in [1.29, 1.82) is 0 Å². The van der Waals surface area contributed by atoms with Gasteiger partial charge in [0.15, 0.2) is 6.29 Å². The van der Waals surface area contributed by atoms with Gasteiger partial charge in [0.25, 0.3) is 0 Å². The van der Waals surface area contributed by atoms with Crippen LogP contribution in [0.2, 0.25) is 0 Å². The average Bonchev–Trinajstić information content (AvgIpc) is 2.79. The third-order valence-electron chi connectivity index (χ3n) is 5.78. The Hall–Kier alpha value is -1.87. The Morgan fingerprint density at radius 2 is 1.48 bits per heavy atom. The minimum atomic E-state index is -1.61. The monoisotopic (exact) mass is 473 g/mol. The summed E-state index contributed by atoms with van der Waals surface area (Å²) in [4.78, 5) is 11.1. The van der Waals surface area contributed by atoms with Gasteiger partial charge in [-0.2, -0.15) is 0 Å². The van der Waals surface area contributed by atoms with E-state index in [9.17, 15) is 35.4 Å². The Morgan fingerprint density at radius 3 is 2.06 bits per heavy atom. The summed E-state index contributed by atoms with van der Waals surface area (Å²) >= 11 is 0. The van der Waals surface area contributed by atoms with Crippen molar-refractivity contribution in [2.24, 2.45) is 5.92 Å². The topological polar surface area (TPSA) is 187 Å². The van der Waals surface area contributed by atoms with Crippen LogP contribution in [0.3, 0.4) is 0 Å². The zero-order valence-corrected chi connectivity index (χ0v) is 18.2. The van der Waals surface area contributed by atoms with Crippen molar-refractivity contribution in [1.82, 2.24) is 0 Å². The molecule has 1 aromatic carbocycles. The van der Waals surface area contributed by atoms with Gasteiger partial charge < -0.3 is 54.9 Å². The van der Waals surface area contributed by atoms with Gasteiger partial charge in [0.05, 0.1) is 25.4 Å². The maximum Gasteiger partial charge on any atom is 0.229 e. The second kappa shape index (κ2) is 11.0. The maximum atomic E-state index is 11.1. The maximum absolute atomic E-state index is 11.1. The molecule has 2 aliphatic rings. The quantitative estimate of drug-likeness (QED) is 0.230. The lowest BCUT2D eigenvalue weighted by Gasteiger charge is -2.46. The number of hydrogen-bond donors (Lipinski definition) is 7. The van der Waals surface area contributed by atoms with E-state index in [1.807, 2.05) is 0 Å². The fraction of sp³-hybridized carbons (Fsp3) is 0.667. The number of amides is 1. The molecule has 12 nitrogen and oxygen atoms in total. The highest BCUT2D eigenvalue weighted by Gasteiger charge is 2.50. The first-order valence-corrected chi connectivity index (χ1v) is 10.6. The summed E-state index contributed by atoms with van der Waals surface area (Å²) in [6, 6.07) is 6.19. The molecule has 2 saturated heterocycles. The molecular weight excluding hydrogens is 442 g/mol. The molecule has 7 N–H and O–H groups in total. The van der Waals surface area contributed by atoms with Gasteiger partial charge >= 0.3 is 0 Å². The number of ether oxygens (including phenoxy) is 4. The molecule has 2 heterocycles. The number of aliphatic hydroxyl groups excluding tert-OH is 6. The summed E-state index contributed by atoms with van der Waals surface area (Å²) in [5.74, 6) is -0.550. The molecule has 1 amide bonds. The average molecular weight is 473 g/mol. The predicted octanol–water partition coefficient (Wildman–Crippen LogP) is -2.08. The molecule has 12 heteroatoms. The molecule has 10 unspecified atom stereocenters. The van der Waals surface area contributed by atoms with Crippen molar-refractivity contribution in [3.05, 3.63) is 24.3 Å². The number of carbonyl (C=O) groups is 1. The van der Waals surface area contributed by atoms with Crippen molar-refractivity contribution < 1.29 is 54.4 Å². The lowest BCUT2D eigenvalue weighted by Crippen LogP contribution is -2.64. The molecular formula is C21H31NO11. The van der Waals surface area contributed by atoms with Crippen LogP contribution in [0.4, 0.5) is 5.69 Å². The van der Waals surface area contributed by atoms with Crippen LogP contribution in [0.15, 0.2) is 24.3 Å². The van der Waals surface area contributed by atoms with E-state index in [-0.39, 0.29) is 11.7 Å². The van der Waals surface area contributed by atoms with Gasteiger partial charge in [0.2, 0.25) is 12.2 Å². The summed E-state index contributed by atoms with van der Waals surface area (Å²) in [7, 11) is 0. The van der Waals surface area contributed by atoms with E-state index in [0.717, 1.165) is 0 Å². The first kappa shape index (κ1) is 25.7. The minimum absolute atomic E-state index is 0.242. The molecule has 33 heavy (non-hydrogen) atoms. The van der Waals surface area contributed by atoms with Gasteiger partial charge in [-0.25, -0.2) is 0 Å². The Labute approximate surface area is 190 Å². The van der Waals surface area contributed by atoms with Gasteiger partial charge in [-0.05, 0) is 24.3 Å². The van der Waals surface area contributed by atoms with Crippen LogP contribution in [-0.4, -0.2) is 105 Å². The van der Waals surface area contributed by atoms with E-state index in [1.54, 1.807) is 19.1 Å². The molecule has 2 fully saturated rings. The third kappa shape index (κ3) is 5.80. The summed E-state index contributed by atoms with van der Waals surface area (Å²) in [6.07, 6.45) is -12.1. The van der Waals surface area contributed by atoms with E-state index in [0.29, 0.717) is 5.69 Å². The number of anilines is 1. The second-order valence-electron chi connectivity index (χ2n) is 8.20. The van der Waals surface area contributed by atoms with Crippen molar-refractivity contribution in [3.8, 4) is 5.75 Å². The highest BCUT2D eigenvalue weighted by atomic mass is 16.7. The number of carbonyl (C=O) groups excluding carboxylic acids is 1. The zero-order chi connectivity index (χ0) is 24.3. The number of hydrogen-bond acceptors (Lipinski definition) is 11. The Balaban J connectivity index is 1.68. The van der Waals surface area contributed by atoms with E-state index >= 15 is 0 Å². The zero-order valence-electron chi connectivity index (χ0n) is 18.2. The fourth-order valence-electron chi connectivity index (χ4n) is 3.82. The molecule has 0 saturated carbocycles. The van der Waals surface area contributed by atoms with Crippen LogP contribution in [0.1, 0.15) is 13.8 Å². The second-order valence-corrected chi connectivity index (χ2v) is 8.20. The lowest BCUT2D eigenvalue weighted by molar-refractivity contribution is -0.347. The predicted molar refractivity (Wildman–Crippen MR) is 111 cm³/mol. The smallest absolute Gasteiger partial charge is 0.229 e. The lowest BCUT2D eigenvalue weighted by atomic mass is 9.91. The molecule has 2 aliphatic heterocycles. The molecule has 0 radical (unpaired) electrons. The van der Waals surface area contributed by atoms with Gasteiger partial charge in [-0.15, -0.1) is 0 Å². The first-order valence-electron chi connectivity index (χ1n) is 10.6. The standard InChI is InChI=1S/C21H31NO11/c1-9-13(7-23)31-21(17(28)15(9)26)33-19-14(8-24)32-20(18(29)16(19)27)30-12-5-3-11(4-6-12)22-10(2)25/h3-6,9,13-21,23-24,26-29H,7-8H2,1-2H3,(H,22,25). The van der Waals surface area contributed by atoms with Crippen LogP contribution in [0.5, 0.6) is 5.75 Å². The van der Waals surface area contributed by atoms with Gasteiger partial charge in [0, 0.05) is 18.5 Å². The summed E-state index contributed by atoms with van der Waals surface area (Å²) in [5.41, 5.74) is 0.533. The third-order valence-corrected chi connectivity index (χ3v) is 5.78. The largest absolute Gasteiger partial charge is 0.462 e. The summed E-state index contributed by atoms with van der Waals surface area (Å²) in [6.45, 7) is 1.90. The Morgan fingerprint density at radius 1 is 0.909 bits per heavy atom. The summed E-state index contributed by atoms with van der Waals surface area (Å²) in [5, 5.41) is 63.5. The van der Waals surface area contributed by atoms with Crippen molar-refractivity contribution in [2.45, 2.75) is 69.2 Å². The van der Waals surface area contributed by atoms with Gasteiger partial charge in [0.1, 0.15) is 36.3 Å². The molecule has 0 aromatic heterocycles. The van der Waals surface area contributed by atoms with Gasteiger partial charge in [-0.1, -0.05) is 6.92 Å². The van der Waals surface area contributed by atoms with Crippen molar-refractivity contribution in [3.63, 3.8) is 0 Å². The highest BCUT2D eigenvalue weighted by Crippen LogP contribution is 2.32. The number of nitrogens with one attached hydrogen (secondary N) is 1. The van der Waals surface area contributed by atoms with E-state index in [4.69, 9.17) is 18.9 Å². The van der Waals surface area contributed by atoms with E-state index in [2.05, 4.69) is 5.32 Å². The van der Waals surface area contributed by atoms with Crippen LogP contribution < -0.4 is 10.1 Å². The van der Waals surface area contributed by atoms with Gasteiger partial charge in [-0.3, -0.25) is 4.79 Å². The normalized spacial score (nSPS) is 39.2. The number of benzene rings is 1. The molecule has 0 spiro atoms. The van der Waals surface area contributed by atoms with Crippen LogP contribution in [-0.2, 0) is 19.0 Å². The van der Waals surface area contributed by atoms with Crippen LogP contribution in [0.25, 0.3) is 0 Å². The minimum Gasteiger partial charge on any atom is -0.462 e. The molecule has 1 aromatic rings. The Bertz CT molecular complexity index is 774. The Kier molecular flexibility index (Phi) is 8.61. The first-order chi connectivity index (χ1) is 15.7. The van der Waals surface area contributed by atoms with Crippen LogP contribution >= 0.6 is 0 Å². The molecule has 0 aliphatic carbocycles. The fourth-order valence-corrected chi connectivity index (χ4v) is 3.82. The number of aliphatic hydroxyl groups is 6. The molecule has 0 bridgehead atoms. The number of rotatable bonds is 7. The van der Waals surface area contributed by atoms with Crippen LogP contribution in [0, 0.1) is 5.92 Å². The molecule has 10 atom stereocenters. The molecule has 3 rings (SSSR count). The van der Waals surface area contributed by atoms with Crippen molar-refractivity contribution in [2.75, 3.05) is 18.5 Å². The van der Waals surface area contributed by atoms with E-state index in [1.165, 1.54) is 19.1 Å². The SMILES string of the molecule is CC(=O)Nc1ccc(OC2OC(CO)C(OC3OC(CO)C(C)C(O)C3O)C(O)C2O)cc1. The van der Waals surface area contributed by atoms with Crippen molar-refractivity contribution >= 4 is 11.6 Å². The summed E-state index contributed by atoms with van der Waals surface area (Å²) < 4.78 is 22.3. The molecule has 186 valence electrons.